The van der Waals surface area contributed by atoms with E-state index < -0.39 is 10.0 Å². The first-order valence-electron chi connectivity index (χ1n) is 7.49. The molecular weight excluding hydrogens is 286 g/mol. The Morgan fingerprint density at radius 3 is 2.76 bits per heavy atom. The van der Waals surface area contributed by atoms with Crippen LogP contribution in [0.1, 0.15) is 30.9 Å². The maximum Gasteiger partial charge on any atom is 0.240 e. The predicted molar refractivity (Wildman–Crippen MR) is 84.6 cm³/mol. The third-order valence-corrected chi connectivity index (χ3v) is 5.55. The molecule has 21 heavy (non-hydrogen) atoms. The number of benzene rings is 1. The maximum atomic E-state index is 12.5. The highest BCUT2D eigenvalue weighted by Crippen LogP contribution is 2.18. The van der Waals surface area contributed by atoms with Gasteiger partial charge < -0.3 is 10.6 Å². The third-order valence-electron chi connectivity index (χ3n) is 4.04. The van der Waals surface area contributed by atoms with Crippen molar-refractivity contribution in [2.75, 3.05) is 20.1 Å². The molecule has 0 bridgehead atoms. The van der Waals surface area contributed by atoms with E-state index in [1.165, 1.54) is 0 Å². The number of hydrogen-bond donors (Lipinski definition) is 2. The minimum Gasteiger partial charge on any atom is -0.326 e. The number of sulfonamides is 1. The van der Waals surface area contributed by atoms with Gasteiger partial charge in [0.25, 0.3) is 0 Å². The van der Waals surface area contributed by atoms with E-state index in [1.807, 2.05) is 20.0 Å². The van der Waals surface area contributed by atoms with Gasteiger partial charge in [0.1, 0.15) is 0 Å². The molecule has 1 aliphatic heterocycles. The fourth-order valence-corrected chi connectivity index (χ4v) is 4.17. The van der Waals surface area contributed by atoms with Crippen molar-refractivity contribution in [3.63, 3.8) is 0 Å². The van der Waals surface area contributed by atoms with Gasteiger partial charge in [-0.3, -0.25) is 0 Å². The molecule has 0 amide bonds. The van der Waals surface area contributed by atoms with E-state index in [0.29, 0.717) is 11.4 Å². The molecule has 0 saturated carbocycles. The molecule has 1 aromatic carbocycles. The molecular formula is C15H25N3O2S. The normalized spacial score (nSPS) is 20.6. The van der Waals surface area contributed by atoms with Gasteiger partial charge >= 0.3 is 0 Å². The number of likely N-dealkylation sites (tertiary alicyclic amines) is 1. The molecule has 1 saturated heterocycles. The standard InChI is InChI=1S/C15H25N3O2S/c1-3-12-6-7-15(9-13(12)10-16)21(19,20)17-14-5-4-8-18(2)11-14/h6-7,9,14,17H,3-5,8,10-11,16H2,1-2H3. The van der Waals surface area contributed by atoms with Gasteiger partial charge in [-0.05, 0) is 56.1 Å². The first kappa shape index (κ1) is 16.4. The molecule has 0 radical (unpaired) electrons. The van der Waals surface area contributed by atoms with Crippen molar-refractivity contribution in [1.82, 2.24) is 9.62 Å². The molecule has 0 aromatic heterocycles. The summed E-state index contributed by atoms with van der Waals surface area (Å²) in [7, 11) is -1.46. The number of nitrogens with one attached hydrogen (secondary N) is 1. The highest BCUT2D eigenvalue weighted by molar-refractivity contribution is 7.89. The van der Waals surface area contributed by atoms with Crippen molar-refractivity contribution in [2.24, 2.45) is 5.73 Å². The average Bonchev–Trinajstić information content (AvgIpc) is 2.46. The zero-order chi connectivity index (χ0) is 15.5. The van der Waals surface area contributed by atoms with Crippen molar-refractivity contribution < 1.29 is 8.42 Å². The summed E-state index contributed by atoms with van der Waals surface area (Å²) in [6.07, 6.45) is 2.76. The van der Waals surface area contributed by atoms with E-state index >= 15 is 0 Å². The quantitative estimate of drug-likeness (QED) is 0.853. The van der Waals surface area contributed by atoms with E-state index in [0.717, 1.165) is 43.5 Å². The smallest absolute Gasteiger partial charge is 0.240 e. The Balaban J connectivity index is 2.19. The van der Waals surface area contributed by atoms with Gasteiger partial charge in [-0.25, -0.2) is 13.1 Å². The van der Waals surface area contributed by atoms with E-state index in [4.69, 9.17) is 5.73 Å². The Bertz CT molecular complexity index is 587. The molecule has 1 aliphatic rings. The molecule has 1 unspecified atom stereocenters. The van der Waals surface area contributed by atoms with Crippen molar-refractivity contribution >= 4 is 10.0 Å². The largest absolute Gasteiger partial charge is 0.326 e. The van der Waals surface area contributed by atoms with Gasteiger partial charge in [0.15, 0.2) is 0 Å². The summed E-state index contributed by atoms with van der Waals surface area (Å²) in [4.78, 5) is 2.47. The lowest BCUT2D eigenvalue weighted by molar-refractivity contribution is 0.242. The minimum atomic E-state index is -3.47. The van der Waals surface area contributed by atoms with E-state index in [9.17, 15) is 8.42 Å². The molecule has 1 fully saturated rings. The van der Waals surface area contributed by atoms with Crippen molar-refractivity contribution in [1.29, 1.82) is 0 Å². The van der Waals surface area contributed by atoms with Crippen LogP contribution in [-0.2, 0) is 23.0 Å². The third kappa shape index (κ3) is 4.03. The number of likely N-dealkylation sites (N-methyl/N-ethyl adjacent to an activating group) is 1. The first-order valence-corrected chi connectivity index (χ1v) is 8.97. The summed E-state index contributed by atoms with van der Waals surface area (Å²) < 4.78 is 27.8. The number of piperidine rings is 1. The second kappa shape index (κ2) is 6.87. The zero-order valence-electron chi connectivity index (χ0n) is 12.8. The van der Waals surface area contributed by atoms with Crippen molar-refractivity contribution in [3.8, 4) is 0 Å². The maximum absolute atomic E-state index is 12.5. The van der Waals surface area contributed by atoms with Crippen molar-refractivity contribution in [2.45, 2.75) is 43.7 Å². The van der Waals surface area contributed by atoms with Gasteiger partial charge in [0.05, 0.1) is 4.90 Å². The minimum absolute atomic E-state index is 0.0130. The van der Waals surface area contributed by atoms with Gasteiger partial charge in [-0.15, -0.1) is 0 Å². The molecule has 1 atom stereocenters. The summed E-state index contributed by atoms with van der Waals surface area (Å²) in [5, 5.41) is 0. The van der Waals surface area contributed by atoms with Crippen LogP contribution in [0.5, 0.6) is 0 Å². The van der Waals surface area contributed by atoms with Crippen LogP contribution in [0.25, 0.3) is 0 Å². The van der Waals surface area contributed by atoms with Crippen LogP contribution in [0.3, 0.4) is 0 Å². The van der Waals surface area contributed by atoms with Crippen LogP contribution in [-0.4, -0.2) is 39.5 Å². The average molecular weight is 311 g/mol. The fourth-order valence-electron chi connectivity index (χ4n) is 2.85. The van der Waals surface area contributed by atoms with Gasteiger partial charge in [0.2, 0.25) is 10.0 Å². The number of nitrogens with two attached hydrogens (primary N) is 1. The van der Waals surface area contributed by atoms with Gasteiger partial charge in [-0.1, -0.05) is 13.0 Å². The van der Waals surface area contributed by atoms with Crippen LogP contribution in [0.4, 0.5) is 0 Å². The summed E-state index contributed by atoms with van der Waals surface area (Å²) in [6.45, 7) is 4.19. The molecule has 5 nitrogen and oxygen atoms in total. The molecule has 3 N–H and O–H groups in total. The van der Waals surface area contributed by atoms with Crippen LogP contribution in [0.15, 0.2) is 23.1 Å². The summed E-state index contributed by atoms with van der Waals surface area (Å²) in [5.41, 5.74) is 7.73. The molecule has 0 aliphatic carbocycles. The zero-order valence-corrected chi connectivity index (χ0v) is 13.6. The molecule has 1 aromatic rings. The number of rotatable bonds is 5. The predicted octanol–water partition coefficient (Wildman–Crippen LogP) is 1.08. The molecule has 0 spiro atoms. The molecule has 2 rings (SSSR count). The van der Waals surface area contributed by atoms with E-state index in [-0.39, 0.29) is 6.04 Å². The highest BCUT2D eigenvalue weighted by Gasteiger charge is 2.24. The van der Waals surface area contributed by atoms with E-state index in [1.54, 1.807) is 12.1 Å². The number of nitrogens with zero attached hydrogens (tertiary/aromatic N) is 1. The second-order valence-electron chi connectivity index (χ2n) is 5.71. The second-order valence-corrected chi connectivity index (χ2v) is 7.42. The van der Waals surface area contributed by atoms with E-state index in [2.05, 4.69) is 9.62 Å². The fraction of sp³-hybridized carbons (Fsp3) is 0.600. The lowest BCUT2D eigenvalue weighted by atomic mass is 10.1. The van der Waals surface area contributed by atoms with Crippen LogP contribution in [0.2, 0.25) is 0 Å². The summed E-state index contributed by atoms with van der Waals surface area (Å²) in [5.74, 6) is 0. The summed E-state index contributed by atoms with van der Waals surface area (Å²) >= 11 is 0. The SMILES string of the molecule is CCc1ccc(S(=O)(=O)NC2CCCN(C)C2)cc1CN. The Morgan fingerprint density at radius 2 is 2.14 bits per heavy atom. The topological polar surface area (TPSA) is 75.4 Å². The molecule has 1 heterocycles. The number of hydrogen-bond acceptors (Lipinski definition) is 4. The lowest BCUT2D eigenvalue weighted by Gasteiger charge is -2.30. The Labute approximate surface area is 127 Å². The van der Waals surface area contributed by atoms with Crippen molar-refractivity contribution in [3.05, 3.63) is 29.3 Å². The Morgan fingerprint density at radius 1 is 1.38 bits per heavy atom. The Hall–Kier alpha value is -0.950. The number of aryl methyl sites for hydroxylation is 1. The first-order chi connectivity index (χ1) is 9.96. The van der Waals surface area contributed by atoms with Crippen LogP contribution < -0.4 is 10.5 Å². The lowest BCUT2D eigenvalue weighted by Crippen LogP contribution is -2.46. The van der Waals surface area contributed by atoms with Crippen LogP contribution >= 0.6 is 0 Å². The highest BCUT2D eigenvalue weighted by atomic mass is 32.2. The van der Waals surface area contributed by atoms with Gasteiger partial charge in [0, 0.05) is 19.1 Å². The Kier molecular flexibility index (Phi) is 5.37. The monoisotopic (exact) mass is 311 g/mol. The van der Waals surface area contributed by atoms with Crippen LogP contribution in [0, 0.1) is 0 Å². The summed E-state index contributed by atoms with van der Waals surface area (Å²) in [6, 6.07) is 5.23. The molecule has 118 valence electrons. The molecule has 6 heteroatoms. The van der Waals surface area contributed by atoms with Gasteiger partial charge in [-0.2, -0.15) is 0 Å².